The van der Waals surface area contributed by atoms with Crippen LogP contribution in [0.4, 0.5) is 0 Å². The van der Waals surface area contributed by atoms with Crippen LogP contribution in [-0.4, -0.2) is 0 Å². The first-order valence-electron chi connectivity index (χ1n) is 8.21. The zero-order valence-corrected chi connectivity index (χ0v) is 13.8. The molecule has 0 aromatic heterocycles. The van der Waals surface area contributed by atoms with Crippen LogP contribution in [0.25, 0.3) is 0 Å². The molecule has 0 nitrogen and oxygen atoms in total. The van der Waals surface area contributed by atoms with Crippen molar-refractivity contribution >= 4 is 0 Å². The quantitative estimate of drug-likeness (QED) is 0.500. The van der Waals surface area contributed by atoms with Crippen LogP contribution >= 0.6 is 0 Å². The standard InChI is InChI=1S/C21H26/c1-5-21(4)19-13-15(2)9-6-7-11-17(19)18-12-8-10-16(3)14-20(18)21/h6-8,10,13-14H,5,9,11-12H2,1-4H3/b7-6?,15-13-. The van der Waals surface area contributed by atoms with Crippen molar-refractivity contribution in [2.75, 3.05) is 0 Å². The molecule has 3 aliphatic carbocycles. The first-order valence-corrected chi connectivity index (χ1v) is 8.21. The summed E-state index contributed by atoms with van der Waals surface area (Å²) < 4.78 is 0. The van der Waals surface area contributed by atoms with E-state index in [2.05, 4.69) is 64.2 Å². The Kier molecular flexibility index (Phi) is 3.65. The molecule has 21 heavy (non-hydrogen) atoms. The van der Waals surface area contributed by atoms with Gasteiger partial charge in [0.2, 0.25) is 0 Å². The third-order valence-electron chi connectivity index (χ3n) is 5.30. The average molecular weight is 278 g/mol. The molecule has 110 valence electrons. The van der Waals surface area contributed by atoms with Crippen LogP contribution in [0.1, 0.15) is 53.4 Å². The van der Waals surface area contributed by atoms with Crippen molar-refractivity contribution in [2.45, 2.75) is 53.4 Å². The van der Waals surface area contributed by atoms with Crippen LogP contribution in [0.2, 0.25) is 0 Å². The van der Waals surface area contributed by atoms with Gasteiger partial charge in [-0.1, -0.05) is 61.4 Å². The molecule has 0 amide bonds. The zero-order valence-electron chi connectivity index (χ0n) is 13.8. The maximum Gasteiger partial charge on any atom is 0.0178 e. The summed E-state index contributed by atoms with van der Waals surface area (Å²) in [5, 5.41) is 0. The summed E-state index contributed by atoms with van der Waals surface area (Å²) in [5.41, 5.74) is 9.36. The van der Waals surface area contributed by atoms with Gasteiger partial charge >= 0.3 is 0 Å². The number of allylic oxidation sites excluding steroid dienone is 12. The van der Waals surface area contributed by atoms with Crippen molar-refractivity contribution < 1.29 is 0 Å². The Labute approximate surface area is 129 Å². The van der Waals surface area contributed by atoms with Crippen molar-refractivity contribution in [1.29, 1.82) is 0 Å². The summed E-state index contributed by atoms with van der Waals surface area (Å²) in [5.74, 6) is 0. The van der Waals surface area contributed by atoms with Crippen LogP contribution in [0, 0.1) is 5.41 Å². The van der Waals surface area contributed by atoms with Gasteiger partial charge < -0.3 is 0 Å². The highest BCUT2D eigenvalue weighted by molar-refractivity contribution is 5.63. The predicted molar refractivity (Wildman–Crippen MR) is 92.1 cm³/mol. The van der Waals surface area contributed by atoms with E-state index >= 15 is 0 Å². The van der Waals surface area contributed by atoms with E-state index in [4.69, 9.17) is 0 Å². The largest absolute Gasteiger partial charge is 0.0841 e. The van der Waals surface area contributed by atoms with E-state index in [0.29, 0.717) is 0 Å². The molecule has 0 N–H and O–H groups in total. The van der Waals surface area contributed by atoms with E-state index in [0.717, 1.165) is 19.3 Å². The lowest BCUT2D eigenvalue weighted by Gasteiger charge is -2.29. The van der Waals surface area contributed by atoms with Gasteiger partial charge in [-0.25, -0.2) is 0 Å². The van der Waals surface area contributed by atoms with Gasteiger partial charge in [-0.2, -0.15) is 0 Å². The Balaban J connectivity index is 2.23. The Morgan fingerprint density at radius 2 is 1.52 bits per heavy atom. The molecular formula is C21H26. The van der Waals surface area contributed by atoms with Gasteiger partial charge in [0, 0.05) is 5.41 Å². The second kappa shape index (κ2) is 5.33. The minimum absolute atomic E-state index is 0.185. The highest BCUT2D eigenvalue weighted by atomic mass is 14.4. The van der Waals surface area contributed by atoms with E-state index in [9.17, 15) is 0 Å². The smallest absolute Gasteiger partial charge is 0.0178 e. The Bertz CT molecular complexity index is 644. The first kappa shape index (κ1) is 14.4. The maximum atomic E-state index is 2.48. The van der Waals surface area contributed by atoms with Gasteiger partial charge in [0.1, 0.15) is 0 Å². The van der Waals surface area contributed by atoms with Crippen molar-refractivity contribution in [2.24, 2.45) is 5.41 Å². The van der Waals surface area contributed by atoms with Crippen molar-refractivity contribution in [3.05, 3.63) is 69.9 Å². The Morgan fingerprint density at radius 1 is 0.905 bits per heavy atom. The summed E-state index contributed by atoms with van der Waals surface area (Å²) in [6, 6.07) is 0. The van der Waals surface area contributed by atoms with Gasteiger partial charge in [0.25, 0.3) is 0 Å². The molecular weight excluding hydrogens is 252 g/mol. The molecule has 1 unspecified atom stereocenters. The van der Waals surface area contributed by atoms with Gasteiger partial charge in [0.15, 0.2) is 0 Å². The predicted octanol–water partition coefficient (Wildman–Crippen LogP) is 6.21. The summed E-state index contributed by atoms with van der Waals surface area (Å²) in [6.45, 7) is 9.26. The lowest BCUT2D eigenvalue weighted by molar-refractivity contribution is 0.488. The normalized spacial score (nSPS) is 31.0. The van der Waals surface area contributed by atoms with Crippen LogP contribution in [-0.2, 0) is 0 Å². The van der Waals surface area contributed by atoms with E-state index < -0.39 is 0 Å². The molecule has 0 heteroatoms. The fourth-order valence-electron chi connectivity index (χ4n) is 3.89. The third-order valence-corrected chi connectivity index (χ3v) is 5.30. The lowest BCUT2D eigenvalue weighted by atomic mass is 9.74. The molecule has 1 atom stereocenters. The van der Waals surface area contributed by atoms with Gasteiger partial charge in [-0.15, -0.1) is 0 Å². The fourth-order valence-corrected chi connectivity index (χ4v) is 3.89. The molecule has 0 heterocycles. The van der Waals surface area contributed by atoms with Crippen LogP contribution in [0.15, 0.2) is 69.9 Å². The molecule has 0 fully saturated rings. The number of hydrogen-bond donors (Lipinski definition) is 0. The molecule has 0 radical (unpaired) electrons. The van der Waals surface area contributed by atoms with Crippen LogP contribution < -0.4 is 0 Å². The van der Waals surface area contributed by atoms with Gasteiger partial charge in [-0.05, 0) is 61.8 Å². The minimum Gasteiger partial charge on any atom is -0.0841 e. The van der Waals surface area contributed by atoms with E-state index in [-0.39, 0.29) is 5.41 Å². The highest BCUT2D eigenvalue weighted by Crippen LogP contribution is 2.53. The summed E-state index contributed by atoms with van der Waals surface area (Å²) in [6.07, 6.45) is 18.6. The molecule has 3 aliphatic rings. The Morgan fingerprint density at radius 3 is 2.24 bits per heavy atom. The second-order valence-corrected chi connectivity index (χ2v) is 6.84. The molecule has 0 aromatic rings. The van der Waals surface area contributed by atoms with Crippen molar-refractivity contribution in [1.82, 2.24) is 0 Å². The fraction of sp³-hybridized carbons (Fsp3) is 0.429. The molecule has 0 saturated heterocycles. The summed E-state index contributed by atoms with van der Waals surface area (Å²) >= 11 is 0. The second-order valence-electron chi connectivity index (χ2n) is 6.84. The molecule has 0 saturated carbocycles. The summed E-state index contributed by atoms with van der Waals surface area (Å²) in [4.78, 5) is 0. The topological polar surface area (TPSA) is 0 Å². The highest BCUT2D eigenvalue weighted by Gasteiger charge is 2.39. The van der Waals surface area contributed by atoms with E-state index in [1.54, 1.807) is 22.3 Å². The molecule has 0 aromatic carbocycles. The molecule has 3 rings (SSSR count). The maximum absolute atomic E-state index is 2.48. The molecule has 0 spiro atoms. The monoisotopic (exact) mass is 278 g/mol. The average Bonchev–Trinajstić information content (AvgIpc) is 2.58. The minimum atomic E-state index is 0.185. The van der Waals surface area contributed by atoms with Crippen LogP contribution in [0.5, 0.6) is 0 Å². The number of rotatable bonds is 1. The number of fused-ring (bicyclic) bond motifs is 1. The molecule has 0 bridgehead atoms. The Hall–Kier alpha value is -1.56. The molecule has 0 aliphatic heterocycles. The summed E-state index contributed by atoms with van der Waals surface area (Å²) in [7, 11) is 0. The number of hydrogen-bond acceptors (Lipinski definition) is 0. The first-order chi connectivity index (χ1) is 10.1. The SMILES string of the molecule is CCC1(C)C2=C(CC=CC(C)=C2)C2=C1/C=C(/C)CC=CC2. The van der Waals surface area contributed by atoms with Gasteiger partial charge in [0.05, 0.1) is 0 Å². The van der Waals surface area contributed by atoms with Crippen molar-refractivity contribution in [3.63, 3.8) is 0 Å². The van der Waals surface area contributed by atoms with Crippen LogP contribution in [0.3, 0.4) is 0 Å². The van der Waals surface area contributed by atoms with E-state index in [1.165, 1.54) is 17.6 Å². The van der Waals surface area contributed by atoms with Gasteiger partial charge in [-0.3, -0.25) is 0 Å². The van der Waals surface area contributed by atoms with Crippen molar-refractivity contribution in [3.8, 4) is 0 Å². The van der Waals surface area contributed by atoms with E-state index in [1.807, 2.05) is 0 Å². The zero-order chi connectivity index (χ0) is 15.0. The third kappa shape index (κ3) is 2.31. The lowest BCUT2D eigenvalue weighted by Crippen LogP contribution is -2.17.